The molecule has 3 aromatic rings. The van der Waals surface area contributed by atoms with Crippen molar-refractivity contribution in [2.24, 2.45) is 0 Å². The topological polar surface area (TPSA) is 20.5 Å². The van der Waals surface area contributed by atoms with Gasteiger partial charge in [0.1, 0.15) is 5.65 Å². The maximum atomic E-state index is 5.11. The first kappa shape index (κ1) is 14.1. The molecule has 24 heavy (non-hydrogen) atoms. The predicted molar refractivity (Wildman–Crippen MR) is 97.4 cm³/mol. The molecule has 1 fully saturated rings. The molecule has 0 amide bonds. The second kappa shape index (κ2) is 4.85. The minimum atomic E-state index is 0.0763. The predicted octanol–water partition coefficient (Wildman–Crippen LogP) is 4.99. The maximum Gasteiger partial charge on any atom is 0.137 e. The molecule has 1 aliphatic carbocycles. The van der Waals surface area contributed by atoms with E-state index in [-0.39, 0.29) is 5.54 Å². The number of imidazole rings is 1. The van der Waals surface area contributed by atoms with Gasteiger partial charge in [0.25, 0.3) is 0 Å². The molecule has 3 heteroatoms. The molecular weight excluding hydrogens is 294 g/mol. The van der Waals surface area contributed by atoms with E-state index in [1.807, 2.05) is 0 Å². The molecule has 0 saturated heterocycles. The molecule has 1 saturated carbocycles. The Labute approximate surface area is 142 Å². The van der Waals surface area contributed by atoms with Crippen LogP contribution in [0.25, 0.3) is 5.65 Å². The Morgan fingerprint density at radius 1 is 1.04 bits per heavy atom. The summed E-state index contributed by atoms with van der Waals surface area (Å²) in [5, 5.41) is 0. The summed E-state index contributed by atoms with van der Waals surface area (Å²) < 4.78 is 2.30. The highest BCUT2D eigenvalue weighted by Crippen LogP contribution is 2.56. The van der Waals surface area contributed by atoms with Gasteiger partial charge in [-0.1, -0.05) is 37.1 Å². The van der Waals surface area contributed by atoms with E-state index in [9.17, 15) is 0 Å². The van der Waals surface area contributed by atoms with Gasteiger partial charge in [-0.3, -0.25) is 0 Å². The van der Waals surface area contributed by atoms with Crippen molar-refractivity contribution in [2.45, 2.75) is 51.1 Å². The second-order valence-corrected chi connectivity index (χ2v) is 7.35. The van der Waals surface area contributed by atoms with Gasteiger partial charge in [-0.05, 0) is 50.5 Å². The Morgan fingerprint density at radius 2 is 1.79 bits per heavy atom. The van der Waals surface area contributed by atoms with Crippen molar-refractivity contribution in [1.29, 1.82) is 0 Å². The van der Waals surface area contributed by atoms with Gasteiger partial charge < -0.3 is 9.30 Å². The van der Waals surface area contributed by atoms with Crippen molar-refractivity contribution in [2.75, 3.05) is 4.90 Å². The summed E-state index contributed by atoms with van der Waals surface area (Å²) in [6.07, 6.45) is 7.18. The van der Waals surface area contributed by atoms with Crippen molar-refractivity contribution >= 4 is 11.3 Å². The molecule has 1 atom stereocenters. The Hall–Kier alpha value is -2.29. The Bertz CT molecular complexity index is 918. The van der Waals surface area contributed by atoms with Crippen molar-refractivity contribution in [1.82, 2.24) is 9.38 Å². The number of rotatable bonds is 1. The molecule has 2 aliphatic rings. The largest absolute Gasteiger partial charge is 0.352 e. The summed E-state index contributed by atoms with van der Waals surface area (Å²) in [5.74, 6) is 0. The fraction of sp³-hybridized carbons (Fsp3) is 0.381. The molecule has 1 spiro atoms. The summed E-state index contributed by atoms with van der Waals surface area (Å²) in [7, 11) is 0. The highest BCUT2D eigenvalue weighted by molar-refractivity contribution is 5.64. The quantitative estimate of drug-likeness (QED) is 0.630. The van der Waals surface area contributed by atoms with Gasteiger partial charge in [0.15, 0.2) is 0 Å². The number of pyridine rings is 1. The van der Waals surface area contributed by atoms with E-state index in [1.165, 1.54) is 48.3 Å². The fourth-order valence-electron chi connectivity index (χ4n) is 5.07. The average molecular weight is 317 g/mol. The maximum absolute atomic E-state index is 5.11. The molecule has 2 aromatic heterocycles. The third kappa shape index (κ3) is 1.65. The number of aromatic nitrogens is 2. The van der Waals surface area contributed by atoms with Gasteiger partial charge in [-0.25, -0.2) is 4.98 Å². The smallest absolute Gasteiger partial charge is 0.137 e. The number of para-hydroxylation sites is 1. The van der Waals surface area contributed by atoms with Crippen molar-refractivity contribution in [3.8, 4) is 0 Å². The normalized spacial score (nSPS) is 21.8. The zero-order valence-electron chi connectivity index (χ0n) is 14.4. The van der Waals surface area contributed by atoms with Crippen LogP contribution >= 0.6 is 0 Å². The van der Waals surface area contributed by atoms with Gasteiger partial charge in [0.2, 0.25) is 0 Å². The van der Waals surface area contributed by atoms with Crippen molar-refractivity contribution in [3.05, 3.63) is 65.6 Å². The highest BCUT2D eigenvalue weighted by Gasteiger charge is 2.53. The van der Waals surface area contributed by atoms with Gasteiger partial charge in [-0.2, -0.15) is 0 Å². The summed E-state index contributed by atoms with van der Waals surface area (Å²) in [6.45, 7) is 4.58. The fourth-order valence-corrected chi connectivity index (χ4v) is 5.07. The third-order valence-corrected chi connectivity index (χ3v) is 6.06. The van der Waals surface area contributed by atoms with Crippen LogP contribution in [0.3, 0.4) is 0 Å². The number of nitrogens with zero attached hydrogens (tertiary/aromatic N) is 3. The van der Waals surface area contributed by atoms with Crippen LogP contribution in [0.2, 0.25) is 0 Å². The summed E-state index contributed by atoms with van der Waals surface area (Å²) >= 11 is 0. The molecule has 3 nitrogen and oxygen atoms in total. The van der Waals surface area contributed by atoms with E-state index in [0.717, 1.165) is 5.65 Å². The van der Waals surface area contributed by atoms with E-state index in [2.05, 4.69) is 71.8 Å². The van der Waals surface area contributed by atoms with Crippen LogP contribution in [0.1, 0.15) is 55.6 Å². The summed E-state index contributed by atoms with van der Waals surface area (Å²) in [5.41, 5.74) is 6.60. The number of anilines is 1. The summed E-state index contributed by atoms with van der Waals surface area (Å²) in [6, 6.07) is 15.5. The third-order valence-electron chi connectivity index (χ3n) is 6.06. The van der Waals surface area contributed by atoms with E-state index in [1.54, 1.807) is 0 Å². The molecular formula is C21H23N3. The van der Waals surface area contributed by atoms with E-state index in [4.69, 9.17) is 4.98 Å². The number of hydrogen-bond acceptors (Lipinski definition) is 2. The monoisotopic (exact) mass is 317 g/mol. The lowest BCUT2D eigenvalue weighted by Crippen LogP contribution is -2.41. The first-order valence-electron chi connectivity index (χ1n) is 9.05. The second-order valence-electron chi connectivity index (χ2n) is 7.35. The van der Waals surface area contributed by atoms with Crippen molar-refractivity contribution in [3.63, 3.8) is 0 Å². The van der Waals surface area contributed by atoms with Gasteiger partial charge in [0, 0.05) is 11.9 Å². The minimum absolute atomic E-state index is 0.0763. The molecule has 0 N–H and O–H groups in total. The zero-order chi connectivity index (χ0) is 16.3. The molecule has 122 valence electrons. The Morgan fingerprint density at radius 3 is 2.58 bits per heavy atom. The minimum Gasteiger partial charge on any atom is -0.352 e. The lowest BCUT2D eigenvalue weighted by Gasteiger charge is -2.40. The number of benzene rings is 1. The molecule has 0 bridgehead atoms. The van der Waals surface area contributed by atoms with Crippen LogP contribution in [0.5, 0.6) is 0 Å². The SMILES string of the molecule is Cc1ccccc1N1C(C)c2c(nc3ccccn23)C12CCCC2. The van der Waals surface area contributed by atoms with Crippen LogP contribution in [0, 0.1) is 6.92 Å². The molecule has 1 aromatic carbocycles. The standard InChI is InChI=1S/C21H23N3/c1-15-9-3-4-10-17(15)24-16(2)19-20(21(24)12-6-7-13-21)22-18-11-5-8-14-23(18)19/h3-5,8-11,14,16H,6-7,12-13H2,1-2H3. The summed E-state index contributed by atoms with van der Waals surface area (Å²) in [4.78, 5) is 7.78. The number of fused-ring (bicyclic) bond motifs is 4. The number of hydrogen-bond donors (Lipinski definition) is 0. The van der Waals surface area contributed by atoms with Crippen LogP contribution in [-0.4, -0.2) is 9.38 Å². The highest BCUT2D eigenvalue weighted by atomic mass is 15.3. The molecule has 1 unspecified atom stereocenters. The first-order chi connectivity index (χ1) is 11.7. The Kier molecular flexibility index (Phi) is 2.85. The van der Waals surface area contributed by atoms with Crippen LogP contribution < -0.4 is 4.90 Å². The van der Waals surface area contributed by atoms with Crippen molar-refractivity contribution < 1.29 is 0 Å². The average Bonchev–Trinajstić information content (AvgIpc) is 3.26. The van der Waals surface area contributed by atoms with Gasteiger partial charge in [0.05, 0.1) is 23.0 Å². The zero-order valence-corrected chi connectivity index (χ0v) is 14.4. The van der Waals surface area contributed by atoms with E-state index < -0.39 is 0 Å². The molecule has 1 aliphatic heterocycles. The van der Waals surface area contributed by atoms with Gasteiger partial charge >= 0.3 is 0 Å². The lowest BCUT2D eigenvalue weighted by atomic mass is 9.92. The lowest BCUT2D eigenvalue weighted by molar-refractivity contribution is 0.407. The Balaban J connectivity index is 1.79. The van der Waals surface area contributed by atoms with Gasteiger partial charge in [-0.15, -0.1) is 0 Å². The molecule has 5 rings (SSSR count). The van der Waals surface area contributed by atoms with E-state index >= 15 is 0 Å². The van der Waals surface area contributed by atoms with E-state index in [0.29, 0.717) is 6.04 Å². The van der Waals surface area contributed by atoms with Crippen LogP contribution in [0.4, 0.5) is 5.69 Å². The molecule has 3 heterocycles. The number of aryl methyl sites for hydroxylation is 1. The first-order valence-corrected chi connectivity index (χ1v) is 9.05. The van der Waals surface area contributed by atoms with Crippen LogP contribution in [0.15, 0.2) is 48.7 Å². The van der Waals surface area contributed by atoms with Crippen LogP contribution in [-0.2, 0) is 5.54 Å². The molecule has 0 radical (unpaired) electrons.